The van der Waals surface area contributed by atoms with E-state index in [2.05, 4.69) is 15.0 Å². The minimum absolute atomic E-state index is 0.271. The van der Waals surface area contributed by atoms with Gasteiger partial charge in [0.15, 0.2) is 5.65 Å². The van der Waals surface area contributed by atoms with Crippen molar-refractivity contribution >= 4 is 11.2 Å². The van der Waals surface area contributed by atoms with E-state index in [1.54, 1.807) is 20.3 Å². The van der Waals surface area contributed by atoms with E-state index in [9.17, 15) is 4.79 Å². The molecule has 0 amide bonds. The van der Waals surface area contributed by atoms with Crippen LogP contribution in [0, 0.1) is 6.92 Å². The summed E-state index contributed by atoms with van der Waals surface area (Å²) in [5.74, 6) is 0. The molecule has 0 radical (unpaired) electrons. The van der Waals surface area contributed by atoms with E-state index in [1.807, 2.05) is 0 Å². The molecule has 2 rings (SSSR count). The molecular weight excluding hydrogens is 156 g/mol. The molecule has 0 fully saturated rings. The Kier molecular flexibility index (Phi) is 1.27. The summed E-state index contributed by atoms with van der Waals surface area (Å²) in [5, 5.41) is 0. The average molecular weight is 164 g/mol. The Morgan fingerprint density at radius 2 is 2.33 bits per heavy atom. The van der Waals surface area contributed by atoms with Crippen molar-refractivity contribution in [1.29, 1.82) is 0 Å². The number of imidazole rings is 1. The van der Waals surface area contributed by atoms with E-state index in [1.165, 1.54) is 4.57 Å². The van der Waals surface area contributed by atoms with Crippen LogP contribution in [0.25, 0.3) is 11.2 Å². The zero-order valence-corrected chi connectivity index (χ0v) is 6.83. The summed E-state index contributed by atoms with van der Waals surface area (Å²) in [6.45, 7) is 1.78. The molecule has 1 N–H and O–H groups in total. The summed E-state index contributed by atoms with van der Waals surface area (Å²) in [6.07, 6.45) is 1.55. The van der Waals surface area contributed by atoms with Gasteiger partial charge in [0.1, 0.15) is 5.52 Å². The van der Waals surface area contributed by atoms with Gasteiger partial charge in [0.25, 0.3) is 0 Å². The first-order chi connectivity index (χ1) is 5.70. The molecule has 2 aromatic rings. The fourth-order valence-corrected chi connectivity index (χ4v) is 1.17. The van der Waals surface area contributed by atoms with E-state index < -0.39 is 0 Å². The first-order valence-electron chi connectivity index (χ1n) is 3.57. The lowest BCUT2D eigenvalue weighted by molar-refractivity contribution is 0.832. The largest absolute Gasteiger partial charge is 0.349 e. The number of hydrogen-bond acceptors (Lipinski definition) is 3. The quantitative estimate of drug-likeness (QED) is 0.594. The summed E-state index contributed by atoms with van der Waals surface area (Å²) in [6, 6.07) is 0. The number of aromatic nitrogens is 4. The number of hydrogen-bond donors (Lipinski definition) is 1. The highest BCUT2D eigenvalue weighted by Crippen LogP contribution is 2.06. The molecule has 0 saturated carbocycles. The van der Waals surface area contributed by atoms with E-state index >= 15 is 0 Å². The SMILES string of the molecule is Cc1nc(=O)n(C)c2nc[nH]c12. The van der Waals surface area contributed by atoms with Crippen LogP contribution in [-0.4, -0.2) is 19.5 Å². The molecule has 2 heterocycles. The van der Waals surface area contributed by atoms with Crippen LogP contribution in [0.2, 0.25) is 0 Å². The van der Waals surface area contributed by atoms with Crippen LogP contribution >= 0.6 is 0 Å². The van der Waals surface area contributed by atoms with Crippen molar-refractivity contribution in [2.45, 2.75) is 6.92 Å². The van der Waals surface area contributed by atoms with Crippen LogP contribution in [0.5, 0.6) is 0 Å². The van der Waals surface area contributed by atoms with Crippen LogP contribution in [0.15, 0.2) is 11.1 Å². The van der Waals surface area contributed by atoms with Crippen LogP contribution in [0.3, 0.4) is 0 Å². The maximum absolute atomic E-state index is 11.1. The zero-order chi connectivity index (χ0) is 8.72. The topological polar surface area (TPSA) is 63.6 Å². The molecule has 2 aromatic heterocycles. The fraction of sp³-hybridized carbons (Fsp3) is 0.286. The Labute approximate surface area is 68.1 Å². The van der Waals surface area contributed by atoms with Gasteiger partial charge in [0, 0.05) is 7.05 Å². The van der Waals surface area contributed by atoms with Crippen LogP contribution in [0.1, 0.15) is 5.69 Å². The third-order valence-electron chi connectivity index (χ3n) is 1.85. The normalized spacial score (nSPS) is 10.8. The maximum Gasteiger partial charge on any atom is 0.349 e. The van der Waals surface area contributed by atoms with E-state index in [0.29, 0.717) is 11.3 Å². The van der Waals surface area contributed by atoms with Gasteiger partial charge in [-0.05, 0) is 6.92 Å². The highest BCUT2D eigenvalue weighted by molar-refractivity contribution is 5.72. The number of rotatable bonds is 0. The van der Waals surface area contributed by atoms with Gasteiger partial charge >= 0.3 is 5.69 Å². The third-order valence-corrected chi connectivity index (χ3v) is 1.85. The molecule has 0 aliphatic rings. The van der Waals surface area contributed by atoms with Gasteiger partial charge in [0.2, 0.25) is 0 Å². The summed E-state index contributed by atoms with van der Waals surface area (Å²) in [5.41, 5.74) is 1.88. The Bertz CT molecular complexity index is 482. The van der Waals surface area contributed by atoms with Gasteiger partial charge in [-0.25, -0.2) is 9.78 Å². The van der Waals surface area contributed by atoms with Crippen molar-refractivity contribution in [1.82, 2.24) is 19.5 Å². The monoisotopic (exact) mass is 164 g/mol. The first kappa shape index (κ1) is 7.02. The molecule has 0 saturated heterocycles. The molecule has 0 atom stereocenters. The number of fused-ring (bicyclic) bond motifs is 1. The number of nitrogens with one attached hydrogen (secondary N) is 1. The van der Waals surface area contributed by atoms with Gasteiger partial charge in [-0.2, -0.15) is 4.98 Å². The third kappa shape index (κ3) is 0.761. The van der Waals surface area contributed by atoms with Crippen molar-refractivity contribution in [2.24, 2.45) is 7.05 Å². The van der Waals surface area contributed by atoms with Crippen LogP contribution in [0.4, 0.5) is 0 Å². The Balaban J connectivity index is 3.07. The molecule has 0 unspecified atom stereocenters. The fourth-order valence-electron chi connectivity index (χ4n) is 1.17. The standard InChI is InChI=1S/C7H8N4O/c1-4-5-6(9-3-8-5)11(2)7(12)10-4/h3H,1-2H3,(H,8,9). The van der Waals surface area contributed by atoms with Gasteiger partial charge in [0.05, 0.1) is 12.0 Å². The van der Waals surface area contributed by atoms with Crippen molar-refractivity contribution in [3.8, 4) is 0 Å². The maximum atomic E-state index is 11.1. The predicted octanol–water partition coefficient (Wildman–Crippen LogP) is -0.0350. The number of H-pyrrole nitrogens is 1. The molecule has 0 aromatic carbocycles. The van der Waals surface area contributed by atoms with Gasteiger partial charge in [-0.1, -0.05) is 0 Å². The lowest BCUT2D eigenvalue weighted by Crippen LogP contribution is -2.21. The molecule has 0 aliphatic carbocycles. The lowest BCUT2D eigenvalue weighted by Gasteiger charge is -1.98. The number of aryl methyl sites for hydroxylation is 2. The van der Waals surface area contributed by atoms with Gasteiger partial charge < -0.3 is 4.98 Å². The average Bonchev–Trinajstić information content (AvgIpc) is 2.48. The molecule has 5 heteroatoms. The van der Waals surface area contributed by atoms with Gasteiger partial charge in [-0.15, -0.1) is 0 Å². The second kappa shape index (κ2) is 2.17. The molecule has 12 heavy (non-hydrogen) atoms. The molecule has 62 valence electrons. The number of aromatic amines is 1. The van der Waals surface area contributed by atoms with Crippen molar-refractivity contribution < 1.29 is 0 Å². The van der Waals surface area contributed by atoms with Crippen molar-refractivity contribution in [2.75, 3.05) is 0 Å². The highest BCUT2D eigenvalue weighted by Gasteiger charge is 2.05. The van der Waals surface area contributed by atoms with E-state index in [-0.39, 0.29) is 5.69 Å². The Hall–Kier alpha value is -1.65. The smallest absolute Gasteiger partial charge is 0.342 e. The van der Waals surface area contributed by atoms with E-state index in [0.717, 1.165) is 5.52 Å². The summed E-state index contributed by atoms with van der Waals surface area (Å²) in [4.78, 5) is 21.9. The highest BCUT2D eigenvalue weighted by atomic mass is 16.1. The van der Waals surface area contributed by atoms with Crippen molar-refractivity contribution in [3.63, 3.8) is 0 Å². The lowest BCUT2D eigenvalue weighted by atomic mass is 10.4. The molecule has 0 spiro atoms. The summed E-state index contributed by atoms with van der Waals surface area (Å²) in [7, 11) is 1.65. The predicted molar refractivity (Wildman–Crippen MR) is 43.9 cm³/mol. The zero-order valence-electron chi connectivity index (χ0n) is 6.83. The van der Waals surface area contributed by atoms with E-state index in [4.69, 9.17) is 0 Å². The Morgan fingerprint density at radius 3 is 3.08 bits per heavy atom. The van der Waals surface area contributed by atoms with Crippen LogP contribution in [-0.2, 0) is 7.05 Å². The number of nitrogens with zero attached hydrogens (tertiary/aromatic N) is 3. The first-order valence-corrected chi connectivity index (χ1v) is 3.57. The molecular formula is C7H8N4O. The minimum atomic E-state index is -0.271. The Morgan fingerprint density at radius 1 is 1.58 bits per heavy atom. The van der Waals surface area contributed by atoms with Crippen molar-refractivity contribution in [3.05, 3.63) is 22.5 Å². The molecule has 5 nitrogen and oxygen atoms in total. The molecule has 0 bridgehead atoms. The summed E-state index contributed by atoms with van der Waals surface area (Å²) >= 11 is 0. The molecule has 0 aliphatic heterocycles. The van der Waals surface area contributed by atoms with Gasteiger partial charge in [-0.3, -0.25) is 4.57 Å². The second-order valence-corrected chi connectivity index (χ2v) is 2.64. The second-order valence-electron chi connectivity index (χ2n) is 2.64. The minimum Gasteiger partial charge on any atom is -0.342 e. The van der Waals surface area contributed by atoms with Crippen LogP contribution < -0.4 is 5.69 Å². The summed E-state index contributed by atoms with van der Waals surface area (Å²) < 4.78 is 1.42.